The minimum atomic E-state index is -4.54. The molecule has 0 unspecified atom stereocenters. The maximum Gasteiger partial charge on any atom is 0.419 e. The number of carbonyl (C=O) groups is 1. The highest BCUT2D eigenvalue weighted by atomic mass is 19.4. The predicted molar refractivity (Wildman–Crippen MR) is 116 cm³/mol. The molecule has 176 valence electrons. The second kappa shape index (κ2) is 9.54. The Morgan fingerprint density at radius 1 is 1.12 bits per heavy atom. The third kappa shape index (κ3) is 4.87. The number of benzene rings is 1. The Balaban J connectivity index is 1.65. The van der Waals surface area contributed by atoms with Crippen LogP contribution in [0.2, 0.25) is 0 Å². The second-order valence-electron chi connectivity index (χ2n) is 7.74. The summed E-state index contributed by atoms with van der Waals surface area (Å²) in [5.41, 5.74) is -0.312. The number of carbonyl (C=O) groups excluding carboxylic acids is 1. The van der Waals surface area contributed by atoms with E-state index in [1.165, 1.54) is 35.6 Å². The third-order valence-electron chi connectivity index (χ3n) is 5.44. The van der Waals surface area contributed by atoms with Gasteiger partial charge in [-0.3, -0.25) is 4.79 Å². The highest BCUT2D eigenvalue weighted by Gasteiger charge is 2.32. The Kier molecular flexibility index (Phi) is 6.53. The number of anilines is 1. The summed E-state index contributed by atoms with van der Waals surface area (Å²) in [7, 11) is 0. The van der Waals surface area contributed by atoms with Gasteiger partial charge in [-0.05, 0) is 30.9 Å². The number of rotatable bonds is 4. The fourth-order valence-corrected chi connectivity index (χ4v) is 3.73. The molecule has 0 bridgehead atoms. The largest absolute Gasteiger partial charge is 0.419 e. The van der Waals surface area contributed by atoms with Gasteiger partial charge in [0.05, 0.1) is 11.1 Å². The second-order valence-corrected chi connectivity index (χ2v) is 7.74. The molecule has 0 spiro atoms. The number of hydrogen-bond acceptors (Lipinski definition) is 6. The number of amides is 1. The average molecular weight is 472 g/mol. The van der Waals surface area contributed by atoms with E-state index in [0.717, 1.165) is 6.42 Å². The minimum Gasteiger partial charge on any atom is -0.329 e. The SMILES string of the molecule is C[C@@H]1CCCN(C(=O)c2c(F)cccc2-c2ncccn2)/C1=C/Nc1ncc(C(F)(F)F)cn1. The molecular weight excluding hydrogens is 452 g/mol. The molecule has 0 saturated carbocycles. The molecule has 1 aliphatic heterocycles. The summed E-state index contributed by atoms with van der Waals surface area (Å²) in [4.78, 5) is 30.6. The van der Waals surface area contributed by atoms with Crippen molar-refractivity contribution in [3.05, 3.63) is 77.9 Å². The molecule has 1 aromatic carbocycles. The molecule has 1 N–H and O–H groups in total. The van der Waals surface area contributed by atoms with E-state index < -0.39 is 23.5 Å². The summed E-state index contributed by atoms with van der Waals surface area (Å²) in [5, 5.41) is 2.76. The molecule has 0 aliphatic carbocycles. The maximum atomic E-state index is 14.9. The third-order valence-corrected chi connectivity index (χ3v) is 5.44. The quantitative estimate of drug-likeness (QED) is 0.543. The topological polar surface area (TPSA) is 83.9 Å². The molecule has 2 aromatic heterocycles. The van der Waals surface area contributed by atoms with Crippen LogP contribution in [0.3, 0.4) is 0 Å². The molecular formula is C23H20F4N6O. The van der Waals surface area contributed by atoms with Gasteiger partial charge in [0.1, 0.15) is 5.82 Å². The standard InChI is InChI=1S/C23H20F4N6O/c1-14-5-3-10-33(18(14)13-32-22-30-11-15(12-31-22)23(25,26)27)21(34)19-16(6-2-7-17(19)24)20-28-8-4-9-29-20/h2,4,6-9,11-14H,3,5,10H2,1H3,(H,30,31,32)/b18-13+/t14-/m1/s1. The summed E-state index contributed by atoms with van der Waals surface area (Å²) in [6.07, 6.45) is 2.76. The van der Waals surface area contributed by atoms with Crippen LogP contribution in [0.4, 0.5) is 23.5 Å². The average Bonchev–Trinajstić information content (AvgIpc) is 2.83. The van der Waals surface area contributed by atoms with Crippen LogP contribution in [0.25, 0.3) is 11.4 Å². The summed E-state index contributed by atoms with van der Waals surface area (Å²) < 4.78 is 53.1. The van der Waals surface area contributed by atoms with Crippen LogP contribution in [0.15, 0.2) is 60.9 Å². The highest BCUT2D eigenvalue weighted by molar-refractivity contribution is 6.01. The van der Waals surface area contributed by atoms with E-state index in [-0.39, 0.29) is 28.8 Å². The number of alkyl halides is 3. The van der Waals surface area contributed by atoms with Crippen molar-refractivity contribution in [1.29, 1.82) is 0 Å². The van der Waals surface area contributed by atoms with Crippen LogP contribution in [0, 0.1) is 11.7 Å². The zero-order valence-electron chi connectivity index (χ0n) is 18.1. The van der Waals surface area contributed by atoms with E-state index in [1.54, 1.807) is 12.1 Å². The minimum absolute atomic E-state index is 0.0602. The Morgan fingerprint density at radius 3 is 2.50 bits per heavy atom. The van der Waals surface area contributed by atoms with Gasteiger partial charge in [-0.15, -0.1) is 0 Å². The molecule has 1 atom stereocenters. The van der Waals surface area contributed by atoms with Gasteiger partial charge in [0.2, 0.25) is 5.95 Å². The van der Waals surface area contributed by atoms with E-state index >= 15 is 0 Å². The first-order valence-corrected chi connectivity index (χ1v) is 10.5. The Labute approximate surface area is 192 Å². The van der Waals surface area contributed by atoms with Crippen LogP contribution in [0.1, 0.15) is 35.7 Å². The molecule has 3 heterocycles. The van der Waals surface area contributed by atoms with Gasteiger partial charge in [0.25, 0.3) is 5.91 Å². The van der Waals surface area contributed by atoms with E-state index in [4.69, 9.17) is 0 Å². The van der Waals surface area contributed by atoms with E-state index in [2.05, 4.69) is 25.3 Å². The molecule has 1 fully saturated rings. The Morgan fingerprint density at radius 2 is 1.82 bits per heavy atom. The van der Waals surface area contributed by atoms with Crippen LogP contribution < -0.4 is 5.32 Å². The van der Waals surface area contributed by atoms with E-state index in [0.29, 0.717) is 31.1 Å². The van der Waals surface area contributed by atoms with Crippen molar-refractivity contribution < 1.29 is 22.4 Å². The highest BCUT2D eigenvalue weighted by Crippen LogP contribution is 2.32. The van der Waals surface area contributed by atoms with Gasteiger partial charge in [-0.25, -0.2) is 24.3 Å². The first kappa shape index (κ1) is 23.3. The molecule has 0 radical (unpaired) electrons. The predicted octanol–water partition coefficient (Wildman–Crippen LogP) is 4.92. The van der Waals surface area contributed by atoms with Gasteiger partial charge in [0.15, 0.2) is 5.82 Å². The van der Waals surface area contributed by atoms with Crippen LogP contribution in [-0.2, 0) is 6.18 Å². The smallest absolute Gasteiger partial charge is 0.329 e. The van der Waals surface area contributed by atoms with Crippen LogP contribution in [0.5, 0.6) is 0 Å². The summed E-state index contributed by atoms with van der Waals surface area (Å²) >= 11 is 0. The van der Waals surface area contributed by atoms with Crippen molar-refractivity contribution in [2.75, 3.05) is 11.9 Å². The zero-order valence-corrected chi connectivity index (χ0v) is 18.1. The summed E-state index contributed by atoms with van der Waals surface area (Å²) in [6, 6.07) is 5.88. The van der Waals surface area contributed by atoms with E-state index in [9.17, 15) is 22.4 Å². The van der Waals surface area contributed by atoms with Crippen LogP contribution in [-0.4, -0.2) is 37.3 Å². The maximum absolute atomic E-state index is 14.9. The molecule has 1 saturated heterocycles. The Bertz CT molecular complexity index is 1200. The summed E-state index contributed by atoms with van der Waals surface area (Å²) in [5.74, 6) is -1.19. The lowest BCUT2D eigenvalue weighted by Crippen LogP contribution is -2.38. The number of aromatic nitrogens is 4. The number of likely N-dealkylation sites (tertiary alicyclic amines) is 1. The lowest BCUT2D eigenvalue weighted by molar-refractivity contribution is -0.138. The van der Waals surface area contributed by atoms with Gasteiger partial charge in [-0.2, -0.15) is 13.2 Å². The molecule has 34 heavy (non-hydrogen) atoms. The van der Waals surface area contributed by atoms with Crippen molar-refractivity contribution in [2.45, 2.75) is 25.9 Å². The number of allylic oxidation sites excluding steroid dienone is 1. The molecule has 1 amide bonds. The van der Waals surface area contributed by atoms with Crippen molar-refractivity contribution in [3.8, 4) is 11.4 Å². The first-order valence-electron chi connectivity index (χ1n) is 10.5. The van der Waals surface area contributed by atoms with Gasteiger partial charge < -0.3 is 10.2 Å². The molecule has 1 aliphatic rings. The van der Waals surface area contributed by atoms with E-state index in [1.807, 2.05) is 6.92 Å². The van der Waals surface area contributed by atoms with Crippen molar-refractivity contribution in [2.24, 2.45) is 5.92 Å². The number of halogens is 4. The lowest BCUT2D eigenvalue weighted by Gasteiger charge is -2.34. The fourth-order valence-electron chi connectivity index (χ4n) is 3.73. The zero-order chi connectivity index (χ0) is 24.3. The fraction of sp³-hybridized carbons (Fsp3) is 0.261. The number of hydrogen-bond donors (Lipinski definition) is 1. The summed E-state index contributed by atoms with van der Waals surface area (Å²) in [6.45, 7) is 2.25. The van der Waals surface area contributed by atoms with Crippen molar-refractivity contribution in [3.63, 3.8) is 0 Å². The lowest BCUT2D eigenvalue weighted by atomic mass is 9.94. The van der Waals surface area contributed by atoms with Gasteiger partial charge in [-0.1, -0.05) is 19.1 Å². The normalized spacial score (nSPS) is 17.6. The van der Waals surface area contributed by atoms with Crippen molar-refractivity contribution >= 4 is 11.9 Å². The van der Waals surface area contributed by atoms with Crippen molar-refractivity contribution in [1.82, 2.24) is 24.8 Å². The molecule has 7 nitrogen and oxygen atoms in total. The number of nitrogens with zero attached hydrogens (tertiary/aromatic N) is 5. The van der Waals surface area contributed by atoms with Gasteiger partial charge >= 0.3 is 6.18 Å². The molecule has 3 aromatic rings. The monoisotopic (exact) mass is 472 g/mol. The number of nitrogens with one attached hydrogen (secondary N) is 1. The molecule has 11 heteroatoms. The molecule has 4 rings (SSSR count). The first-order chi connectivity index (χ1) is 16.3. The van der Waals surface area contributed by atoms with Gasteiger partial charge in [0, 0.05) is 48.8 Å². The van der Waals surface area contributed by atoms with Crippen LogP contribution >= 0.6 is 0 Å². The number of piperidine rings is 1. The Hall–Kier alpha value is -3.89.